The van der Waals surface area contributed by atoms with E-state index in [4.69, 9.17) is 33.1 Å². The molecule has 0 aliphatic heterocycles. The highest BCUT2D eigenvalue weighted by Crippen LogP contribution is 2.34. The quantitative estimate of drug-likeness (QED) is 0.347. The molecular formula is C16H30N4O2. The maximum atomic E-state index is 8.93. The van der Waals surface area contributed by atoms with Crippen molar-refractivity contribution in [1.29, 1.82) is 0 Å². The van der Waals surface area contributed by atoms with Gasteiger partial charge in [-0.25, -0.2) is 0 Å². The lowest BCUT2D eigenvalue weighted by Gasteiger charge is -2.29. The molecule has 6 heteroatoms. The summed E-state index contributed by atoms with van der Waals surface area (Å²) in [5, 5.41) is 17.9. The zero-order valence-corrected chi connectivity index (χ0v) is 13.5. The van der Waals surface area contributed by atoms with Gasteiger partial charge < -0.3 is 33.1 Å². The van der Waals surface area contributed by atoms with E-state index in [-0.39, 0.29) is 23.6 Å². The van der Waals surface area contributed by atoms with E-state index in [0.717, 1.165) is 25.7 Å². The Balaban J connectivity index is 0.00000211. The first-order valence-corrected chi connectivity index (χ1v) is 7.63. The Bertz CT molecular complexity index is 405. The van der Waals surface area contributed by atoms with E-state index in [1.54, 1.807) is 12.2 Å². The number of nitrogens with two attached hydrogens (primary N) is 4. The number of hydrogen-bond donors (Lipinski definition) is 6. The Labute approximate surface area is 132 Å². The number of aliphatic hydroxyl groups is 2. The highest BCUT2D eigenvalue weighted by atomic mass is 16.3. The molecule has 0 aromatic carbocycles. The lowest BCUT2D eigenvalue weighted by molar-refractivity contribution is 0.324. The van der Waals surface area contributed by atoms with Crippen LogP contribution in [0.15, 0.2) is 47.5 Å². The van der Waals surface area contributed by atoms with E-state index in [9.17, 15) is 0 Å². The Hall–Kier alpha value is -2.24. The van der Waals surface area contributed by atoms with Crippen LogP contribution in [-0.2, 0) is 0 Å². The molecule has 0 saturated heterocycles. The lowest BCUT2D eigenvalue weighted by Crippen LogP contribution is -2.24. The van der Waals surface area contributed by atoms with Gasteiger partial charge in [0, 0.05) is 11.4 Å². The highest BCUT2D eigenvalue weighted by Gasteiger charge is 2.24. The largest absolute Gasteiger partial charge is 0.495 e. The first-order valence-electron chi connectivity index (χ1n) is 7.63. The average molecular weight is 310 g/mol. The maximum absolute atomic E-state index is 8.93. The Morgan fingerprint density at radius 3 is 1.45 bits per heavy atom. The van der Waals surface area contributed by atoms with Gasteiger partial charge in [-0.05, 0) is 55.4 Å². The van der Waals surface area contributed by atoms with Gasteiger partial charge in [0.15, 0.2) is 11.8 Å². The molecule has 126 valence electrons. The zero-order valence-electron chi connectivity index (χ0n) is 13.5. The molecule has 1 aliphatic rings. The summed E-state index contributed by atoms with van der Waals surface area (Å²) in [5.74, 6) is -0.0925. The van der Waals surface area contributed by atoms with Crippen molar-refractivity contribution in [3.63, 3.8) is 0 Å². The molecule has 1 fully saturated rings. The third-order valence-electron chi connectivity index (χ3n) is 3.51. The molecule has 0 aromatic rings. The van der Waals surface area contributed by atoms with E-state index in [1.165, 1.54) is 12.2 Å². The first-order chi connectivity index (χ1) is 10.4. The normalized spacial score (nSPS) is 24.5. The second kappa shape index (κ2) is 10.5. The molecular weight excluding hydrogens is 280 g/mol. The monoisotopic (exact) mass is 310 g/mol. The fraction of sp³-hybridized carbons (Fsp3) is 0.500. The van der Waals surface area contributed by atoms with Crippen molar-refractivity contribution in [2.24, 2.45) is 34.8 Å². The zero-order chi connectivity index (χ0) is 17.1. The van der Waals surface area contributed by atoms with Gasteiger partial charge in [-0.2, -0.15) is 0 Å². The van der Waals surface area contributed by atoms with Gasteiger partial charge in [-0.15, -0.1) is 0 Å². The summed E-state index contributed by atoms with van der Waals surface area (Å²) >= 11 is 0. The Kier molecular flexibility index (Phi) is 9.41. The molecule has 0 aromatic heterocycles. The van der Waals surface area contributed by atoms with E-state index < -0.39 is 0 Å². The fourth-order valence-corrected chi connectivity index (χ4v) is 2.43. The van der Waals surface area contributed by atoms with Crippen LogP contribution in [0.25, 0.3) is 0 Å². The molecule has 10 N–H and O–H groups in total. The summed E-state index contributed by atoms with van der Waals surface area (Å²) < 4.78 is 0. The number of aliphatic hydroxyl groups excluding tert-OH is 2. The SMILES string of the molecule is CC.N/C(=C\C=C(/N)O)C1CCCC(/C(N)=C/C=C(\N)O)C1. The lowest BCUT2D eigenvalue weighted by atomic mass is 9.78. The maximum Gasteiger partial charge on any atom is 0.181 e. The van der Waals surface area contributed by atoms with Crippen molar-refractivity contribution in [3.8, 4) is 0 Å². The van der Waals surface area contributed by atoms with Crippen LogP contribution in [0, 0.1) is 11.8 Å². The number of allylic oxidation sites excluding steroid dienone is 6. The minimum Gasteiger partial charge on any atom is -0.495 e. The minimum atomic E-state index is -0.261. The average Bonchev–Trinajstić information content (AvgIpc) is 2.52. The molecule has 1 saturated carbocycles. The van der Waals surface area contributed by atoms with Crippen LogP contribution in [0.3, 0.4) is 0 Å². The molecule has 0 heterocycles. The standard InChI is InChI=1S/C14H24N4O2.C2H6/c15-11(4-6-13(17)19)9-2-1-3-10(8-9)12(16)5-7-14(18)20;1-2/h4-7,9-10,19-20H,1-3,8,15-18H2;1-2H3/b11-4-,12-5-,13-6+,14-7+;. The molecule has 6 nitrogen and oxygen atoms in total. The predicted molar refractivity (Wildman–Crippen MR) is 91.1 cm³/mol. The van der Waals surface area contributed by atoms with Crippen LogP contribution in [0.1, 0.15) is 39.5 Å². The molecule has 1 aliphatic carbocycles. The van der Waals surface area contributed by atoms with E-state index in [0.29, 0.717) is 11.4 Å². The van der Waals surface area contributed by atoms with Crippen LogP contribution >= 0.6 is 0 Å². The van der Waals surface area contributed by atoms with Gasteiger partial charge in [0.2, 0.25) is 0 Å². The van der Waals surface area contributed by atoms with Crippen LogP contribution in [0.2, 0.25) is 0 Å². The Morgan fingerprint density at radius 1 is 0.773 bits per heavy atom. The van der Waals surface area contributed by atoms with Gasteiger partial charge in [0.1, 0.15) is 0 Å². The van der Waals surface area contributed by atoms with Crippen molar-refractivity contribution < 1.29 is 10.2 Å². The van der Waals surface area contributed by atoms with Crippen LogP contribution in [0.4, 0.5) is 0 Å². The van der Waals surface area contributed by atoms with Crippen LogP contribution in [0.5, 0.6) is 0 Å². The van der Waals surface area contributed by atoms with Crippen molar-refractivity contribution in [2.45, 2.75) is 39.5 Å². The van der Waals surface area contributed by atoms with Gasteiger partial charge in [-0.1, -0.05) is 20.3 Å². The van der Waals surface area contributed by atoms with Crippen molar-refractivity contribution >= 4 is 0 Å². The summed E-state index contributed by atoms with van der Waals surface area (Å²) in [4.78, 5) is 0. The van der Waals surface area contributed by atoms with Crippen molar-refractivity contribution in [3.05, 3.63) is 47.5 Å². The predicted octanol–water partition coefficient (Wildman–Crippen LogP) is 2.22. The second-order valence-electron chi connectivity index (χ2n) is 5.08. The van der Waals surface area contributed by atoms with Crippen LogP contribution in [-0.4, -0.2) is 10.2 Å². The smallest absolute Gasteiger partial charge is 0.181 e. The second-order valence-corrected chi connectivity index (χ2v) is 5.08. The molecule has 2 atom stereocenters. The highest BCUT2D eigenvalue weighted by molar-refractivity contribution is 5.18. The van der Waals surface area contributed by atoms with Gasteiger partial charge >= 0.3 is 0 Å². The number of rotatable bonds is 4. The van der Waals surface area contributed by atoms with Crippen molar-refractivity contribution in [2.75, 3.05) is 0 Å². The van der Waals surface area contributed by atoms with Crippen LogP contribution < -0.4 is 22.9 Å². The molecule has 0 spiro atoms. The van der Waals surface area contributed by atoms with Crippen molar-refractivity contribution in [1.82, 2.24) is 0 Å². The molecule has 0 radical (unpaired) electrons. The molecule has 0 bridgehead atoms. The minimum absolute atomic E-state index is 0.215. The summed E-state index contributed by atoms with van der Waals surface area (Å²) in [6.07, 6.45) is 9.87. The summed E-state index contributed by atoms with van der Waals surface area (Å²) in [6, 6.07) is 0. The summed E-state index contributed by atoms with van der Waals surface area (Å²) in [7, 11) is 0. The summed E-state index contributed by atoms with van der Waals surface area (Å²) in [5.41, 5.74) is 23.7. The summed E-state index contributed by atoms with van der Waals surface area (Å²) in [6.45, 7) is 4.00. The van der Waals surface area contributed by atoms with Gasteiger partial charge in [0.05, 0.1) is 0 Å². The van der Waals surface area contributed by atoms with Gasteiger partial charge in [-0.3, -0.25) is 0 Å². The molecule has 0 amide bonds. The molecule has 22 heavy (non-hydrogen) atoms. The topological polar surface area (TPSA) is 145 Å². The number of hydrogen-bond acceptors (Lipinski definition) is 6. The third-order valence-corrected chi connectivity index (χ3v) is 3.51. The van der Waals surface area contributed by atoms with E-state index >= 15 is 0 Å². The van der Waals surface area contributed by atoms with Gasteiger partial charge in [0.25, 0.3) is 0 Å². The first kappa shape index (κ1) is 19.8. The molecule has 1 rings (SSSR count). The third kappa shape index (κ3) is 7.52. The van der Waals surface area contributed by atoms with E-state index in [1.807, 2.05) is 13.8 Å². The fourth-order valence-electron chi connectivity index (χ4n) is 2.43. The molecule has 2 unspecified atom stereocenters. The Morgan fingerprint density at radius 2 is 1.14 bits per heavy atom. The van der Waals surface area contributed by atoms with E-state index in [2.05, 4.69) is 0 Å².